The Bertz CT molecular complexity index is 1470. The molecule has 2 aliphatic rings. The van der Waals surface area contributed by atoms with Gasteiger partial charge in [0.05, 0.1) is 26.8 Å². The van der Waals surface area contributed by atoms with Crippen LogP contribution < -0.4 is 10.1 Å². The summed E-state index contributed by atoms with van der Waals surface area (Å²) in [7, 11) is 0. The van der Waals surface area contributed by atoms with Gasteiger partial charge in [-0.3, -0.25) is 4.79 Å². The van der Waals surface area contributed by atoms with E-state index in [0.29, 0.717) is 26.8 Å². The predicted molar refractivity (Wildman–Crippen MR) is 137 cm³/mol. The lowest BCUT2D eigenvalue weighted by Gasteiger charge is -2.32. The van der Waals surface area contributed by atoms with E-state index in [2.05, 4.69) is 20.4 Å². The number of ether oxygens (including phenoxy) is 1. The summed E-state index contributed by atoms with van der Waals surface area (Å²) in [4.78, 5) is 32.4. The first-order valence-electron chi connectivity index (χ1n) is 12.1. The number of benzene rings is 1. The van der Waals surface area contributed by atoms with Gasteiger partial charge in [0, 0.05) is 37.3 Å². The number of rotatable bonds is 7. The quantitative estimate of drug-likeness (QED) is 0.251. The van der Waals surface area contributed by atoms with Crippen LogP contribution in [0.25, 0.3) is 21.6 Å². The molecule has 3 aromatic heterocycles. The number of carbonyl (C=O) groups excluding carboxylic acids is 1. The highest BCUT2D eigenvalue weighted by Crippen LogP contribution is 2.32. The summed E-state index contributed by atoms with van der Waals surface area (Å²) in [6.07, 6.45) is 2.92. The second-order valence-corrected chi connectivity index (χ2v) is 11.1. The molecule has 37 heavy (non-hydrogen) atoms. The number of carbonyl (C=O) groups is 2. The fourth-order valence-corrected chi connectivity index (χ4v) is 5.81. The summed E-state index contributed by atoms with van der Waals surface area (Å²) >= 11 is 7.45. The zero-order valence-electron chi connectivity index (χ0n) is 19.7. The predicted octanol–water partition coefficient (Wildman–Crippen LogP) is 4.87. The standard InChI is InChI=1S/C25H24ClN5O5S/c26-22-6-5-21(37-22)19-11-17(36-29-19)13-31-20-12-16(35-25(33)34)3-4-18(20)28-23(31)24(32)27-14-7-9-30(10-8-14)15-1-2-15/h3-6,11-12,14-15H,1-2,7-10,13H2,(H,27,32)(H,33,34). The maximum absolute atomic E-state index is 13.4. The van der Waals surface area contributed by atoms with Gasteiger partial charge in [0.25, 0.3) is 5.91 Å². The molecule has 0 spiro atoms. The van der Waals surface area contributed by atoms with Crippen LogP contribution in [0.2, 0.25) is 4.34 Å². The van der Waals surface area contributed by atoms with E-state index in [1.807, 2.05) is 6.07 Å². The highest BCUT2D eigenvalue weighted by molar-refractivity contribution is 7.19. The average Bonchev–Trinajstić information content (AvgIpc) is 3.29. The van der Waals surface area contributed by atoms with Crippen LogP contribution in [-0.4, -0.2) is 61.9 Å². The third kappa shape index (κ3) is 5.20. The van der Waals surface area contributed by atoms with E-state index in [1.165, 1.54) is 30.2 Å². The number of likely N-dealkylation sites (tertiary alicyclic amines) is 1. The fourth-order valence-electron chi connectivity index (χ4n) is 4.81. The van der Waals surface area contributed by atoms with Crippen molar-refractivity contribution >= 4 is 46.0 Å². The summed E-state index contributed by atoms with van der Waals surface area (Å²) in [6, 6.07) is 10.9. The van der Waals surface area contributed by atoms with Crippen molar-refractivity contribution in [3.63, 3.8) is 0 Å². The number of fused-ring (bicyclic) bond motifs is 1. The molecular weight excluding hydrogens is 518 g/mol. The molecule has 1 saturated carbocycles. The number of carboxylic acid groups (broad SMARTS) is 1. The van der Waals surface area contributed by atoms with Gasteiger partial charge in [-0.25, -0.2) is 9.78 Å². The van der Waals surface area contributed by atoms with Crippen LogP contribution in [-0.2, 0) is 6.54 Å². The number of piperidine rings is 1. The number of hydrogen-bond acceptors (Lipinski definition) is 8. The summed E-state index contributed by atoms with van der Waals surface area (Å²) in [6.45, 7) is 2.13. The van der Waals surface area contributed by atoms with E-state index in [4.69, 9.17) is 26.0 Å². The SMILES string of the molecule is O=C(O)Oc1ccc2nc(C(=O)NC3CCN(C4CC4)CC3)n(Cc3cc(-c4ccc(Cl)s4)no3)c2c1. The minimum atomic E-state index is -1.42. The molecule has 2 fully saturated rings. The van der Waals surface area contributed by atoms with Crippen LogP contribution >= 0.6 is 22.9 Å². The molecule has 0 unspecified atom stereocenters. The van der Waals surface area contributed by atoms with Gasteiger partial charge < -0.3 is 29.2 Å². The van der Waals surface area contributed by atoms with Crippen molar-refractivity contribution in [2.45, 2.75) is 44.3 Å². The second kappa shape index (κ2) is 9.81. The Hall–Kier alpha value is -3.41. The lowest BCUT2D eigenvalue weighted by molar-refractivity contribution is 0.0894. The number of thiophene rings is 1. The maximum Gasteiger partial charge on any atom is 0.511 e. The summed E-state index contributed by atoms with van der Waals surface area (Å²) < 4.78 is 12.8. The Morgan fingerprint density at radius 2 is 1.97 bits per heavy atom. The van der Waals surface area contributed by atoms with Crippen molar-refractivity contribution in [1.29, 1.82) is 0 Å². The topological polar surface area (TPSA) is 123 Å². The molecule has 1 saturated heterocycles. The first-order valence-corrected chi connectivity index (χ1v) is 13.3. The molecule has 12 heteroatoms. The monoisotopic (exact) mass is 541 g/mol. The van der Waals surface area contributed by atoms with Crippen molar-refractivity contribution in [2.75, 3.05) is 13.1 Å². The third-order valence-electron chi connectivity index (χ3n) is 6.75. The van der Waals surface area contributed by atoms with Gasteiger partial charge in [-0.1, -0.05) is 16.8 Å². The average molecular weight is 542 g/mol. The number of amides is 1. The van der Waals surface area contributed by atoms with Gasteiger partial charge >= 0.3 is 6.16 Å². The molecule has 4 aromatic rings. The minimum Gasteiger partial charge on any atom is -0.449 e. The van der Waals surface area contributed by atoms with Crippen molar-refractivity contribution in [1.82, 2.24) is 24.9 Å². The molecule has 6 rings (SSSR count). The normalized spacial score (nSPS) is 16.8. The van der Waals surface area contributed by atoms with E-state index in [-0.39, 0.29) is 30.1 Å². The molecule has 1 amide bonds. The van der Waals surface area contributed by atoms with Gasteiger partial charge in [0.1, 0.15) is 11.4 Å². The number of nitrogens with one attached hydrogen (secondary N) is 1. The van der Waals surface area contributed by atoms with Gasteiger partial charge in [-0.05, 0) is 49.9 Å². The van der Waals surface area contributed by atoms with Crippen LogP contribution in [0.1, 0.15) is 42.1 Å². The first kappa shape index (κ1) is 24.0. The molecule has 10 nitrogen and oxygen atoms in total. The molecule has 0 radical (unpaired) electrons. The third-order valence-corrected chi connectivity index (χ3v) is 8.01. The Labute approximate surface area is 220 Å². The van der Waals surface area contributed by atoms with Crippen molar-refractivity contribution in [2.24, 2.45) is 0 Å². The minimum absolute atomic E-state index is 0.0714. The lowest BCUT2D eigenvalue weighted by atomic mass is 10.0. The first-order chi connectivity index (χ1) is 17.9. The second-order valence-electron chi connectivity index (χ2n) is 9.34. The molecule has 192 valence electrons. The highest BCUT2D eigenvalue weighted by atomic mass is 35.5. The lowest BCUT2D eigenvalue weighted by Crippen LogP contribution is -2.45. The molecule has 0 atom stereocenters. The number of hydrogen-bond donors (Lipinski definition) is 2. The maximum atomic E-state index is 13.4. The van der Waals surface area contributed by atoms with Gasteiger partial charge in [-0.15, -0.1) is 11.3 Å². The van der Waals surface area contributed by atoms with Crippen LogP contribution in [0.5, 0.6) is 5.75 Å². The van der Waals surface area contributed by atoms with Crippen molar-refractivity contribution in [3.8, 4) is 16.3 Å². The van der Waals surface area contributed by atoms with Crippen molar-refractivity contribution < 1.29 is 24.0 Å². The molecule has 1 aliphatic carbocycles. The van der Waals surface area contributed by atoms with E-state index < -0.39 is 6.16 Å². The summed E-state index contributed by atoms with van der Waals surface area (Å²) in [5.74, 6) is 0.568. The van der Waals surface area contributed by atoms with Gasteiger partial charge in [-0.2, -0.15) is 0 Å². The largest absolute Gasteiger partial charge is 0.511 e. The zero-order valence-corrected chi connectivity index (χ0v) is 21.3. The van der Waals surface area contributed by atoms with E-state index in [0.717, 1.165) is 36.9 Å². The van der Waals surface area contributed by atoms with E-state index in [1.54, 1.807) is 28.8 Å². The van der Waals surface area contributed by atoms with Crippen LogP contribution in [0.3, 0.4) is 0 Å². The number of nitrogens with zero attached hydrogens (tertiary/aromatic N) is 4. The number of imidazole rings is 1. The Balaban J connectivity index is 1.28. The van der Waals surface area contributed by atoms with Crippen LogP contribution in [0.15, 0.2) is 40.9 Å². The summed E-state index contributed by atoms with van der Waals surface area (Å²) in [5.41, 5.74) is 1.72. The van der Waals surface area contributed by atoms with Crippen LogP contribution in [0.4, 0.5) is 4.79 Å². The molecular formula is C25H24ClN5O5S. The van der Waals surface area contributed by atoms with E-state index >= 15 is 0 Å². The fraction of sp³-hybridized carbons (Fsp3) is 0.360. The zero-order chi connectivity index (χ0) is 25.5. The Morgan fingerprint density at radius 3 is 2.68 bits per heavy atom. The van der Waals surface area contributed by atoms with E-state index in [9.17, 15) is 9.59 Å². The van der Waals surface area contributed by atoms with Crippen molar-refractivity contribution in [3.05, 3.63) is 52.3 Å². The summed E-state index contributed by atoms with van der Waals surface area (Å²) in [5, 5.41) is 16.3. The molecule has 1 aromatic carbocycles. The molecule has 1 aliphatic heterocycles. The molecule has 0 bridgehead atoms. The highest BCUT2D eigenvalue weighted by Gasteiger charge is 2.32. The molecule has 4 heterocycles. The Kier molecular flexibility index (Phi) is 6.35. The smallest absolute Gasteiger partial charge is 0.449 e. The Morgan fingerprint density at radius 1 is 1.16 bits per heavy atom. The van der Waals surface area contributed by atoms with Crippen LogP contribution in [0, 0.1) is 0 Å². The van der Waals surface area contributed by atoms with Gasteiger partial charge in [0.15, 0.2) is 11.6 Å². The van der Waals surface area contributed by atoms with Gasteiger partial charge in [0.2, 0.25) is 0 Å². The number of halogens is 1. The number of aromatic nitrogens is 3. The molecule has 2 N–H and O–H groups in total.